The Morgan fingerprint density at radius 3 is 2.88 bits per heavy atom. The highest BCUT2D eigenvalue weighted by Crippen LogP contribution is 2.24. The first-order chi connectivity index (χ1) is 8.36. The van der Waals surface area contributed by atoms with Gasteiger partial charge in [-0.1, -0.05) is 24.3 Å². The van der Waals surface area contributed by atoms with Crippen molar-refractivity contribution < 1.29 is 0 Å². The average molecular weight is 224 g/mol. The third kappa shape index (κ3) is 1.68. The van der Waals surface area contributed by atoms with E-state index < -0.39 is 0 Å². The van der Waals surface area contributed by atoms with E-state index in [9.17, 15) is 0 Å². The normalized spacial score (nSPS) is 12.8. The van der Waals surface area contributed by atoms with Crippen LogP contribution in [0.4, 0.5) is 0 Å². The van der Waals surface area contributed by atoms with Crippen LogP contribution < -0.4 is 5.73 Å². The molecule has 3 aromatic rings. The van der Waals surface area contributed by atoms with Crippen molar-refractivity contribution in [2.75, 3.05) is 0 Å². The molecule has 4 nitrogen and oxygen atoms in total. The molecule has 3 N–H and O–H groups in total. The Balaban J connectivity index is 2.17. The van der Waals surface area contributed by atoms with Crippen molar-refractivity contribution >= 4 is 10.8 Å². The van der Waals surface area contributed by atoms with Gasteiger partial charge in [-0.2, -0.15) is 0 Å². The number of rotatable bonds is 2. The van der Waals surface area contributed by atoms with Crippen LogP contribution in [0.3, 0.4) is 0 Å². The first-order valence-electron chi connectivity index (χ1n) is 5.44. The van der Waals surface area contributed by atoms with Gasteiger partial charge in [0.15, 0.2) is 0 Å². The maximum atomic E-state index is 6.19. The van der Waals surface area contributed by atoms with E-state index in [4.69, 9.17) is 5.73 Å². The quantitative estimate of drug-likeness (QED) is 0.699. The zero-order valence-electron chi connectivity index (χ0n) is 9.17. The number of nitrogens with two attached hydrogens (primary N) is 1. The molecule has 0 fully saturated rings. The molecule has 0 spiro atoms. The number of nitrogens with one attached hydrogen (secondary N) is 1. The van der Waals surface area contributed by atoms with Crippen molar-refractivity contribution in [3.8, 4) is 0 Å². The molecule has 0 aliphatic heterocycles. The van der Waals surface area contributed by atoms with Crippen LogP contribution in [0, 0.1) is 0 Å². The molecule has 0 radical (unpaired) electrons. The summed E-state index contributed by atoms with van der Waals surface area (Å²) in [5.41, 5.74) is 7.18. The van der Waals surface area contributed by atoms with E-state index in [2.05, 4.69) is 21.0 Å². The van der Waals surface area contributed by atoms with E-state index in [0.29, 0.717) is 0 Å². The second-order valence-electron chi connectivity index (χ2n) is 3.90. The van der Waals surface area contributed by atoms with E-state index in [0.717, 1.165) is 22.2 Å². The predicted octanol–water partition coefficient (Wildman–Crippen LogP) is 2.01. The summed E-state index contributed by atoms with van der Waals surface area (Å²) in [5.74, 6) is 0.753. The molecule has 17 heavy (non-hydrogen) atoms. The number of imidazole rings is 1. The summed E-state index contributed by atoms with van der Waals surface area (Å²) in [6.07, 6.45) is 7.12. The Kier molecular flexibility index (Phi) is 2.34. The van der Waals surface area contributed by atoms with Gasteiger partial charge in [-0.15, -0.1) is 0 Å². The number of pyridine rings is 1. The molecule has 0 saturated carbocycles. The monoisotopic (exact) mass is 224 g/mol. The van der Waals surface area contributed by atoms with Gasteiger partial charge in [-0.25, -0.2) is 4.98 Å². The van der Waals surface area contributed by atoms with Gasteiger partial charge >= 0.3 is 0 Å². The van der Waals surface area contributed by atoms with Gasteiger partial charge in [0.2, 0.25) is 0 Å². The predicted molar refractivity (Wildman–Crippen MR) is 66.4 cm³/mol. The van der Waals surface area contributed by atoms with Crippen molar-refractivity contribution in [3.05, 3.63) is 60.4 Å². The van der Waals surface area contributed by atoms with Crippen molar-refractivity contribution in [3.63, 3.8) is 0 Å². The second kappa shape index (κ2) is 3.99. The Morgan fingerprint density at radius 2 is 2.06 bits per heavy atom. The third-order valence-corrected chi connectivity index (χ3v) is 2.85. The topological polar surface area (TPSA) is 67.6 Å². The number of aromatic nitrogens is 3. The molecule has 3 rings (SSSR count). The van der Waals surface area contributed by atoms with E-state index in [-0.39, 0.29) is 6.04 Å². The molecule has 1 aromatic carbocycles. The van der Waals surface area contributed by atoms with Crippen LogP contribution in [0.5, 0.6) is 0 Å². The van der Waals surface area contributed by atoms with E-state index >= 15 is 0 Å². The minimum absolute atomic E-state index is 0.274. The highest BCUT2D eigenvalue weighted by Gasteiger charge is 2.14. The average Bonchev–Trinajstić information content (AvgIpc) is 2.91. The fourth-order valence-corrected chi connectivity index (χ4v) is 1.98. The molecule has 0 saturated heterocycles. The molecule has 0 bridgehead atoms. The van der Waals surface area contributed by atoms with Crippen LogP contribution in [0.25, 0.3) is 10.8 Å². The van der Waals surface area contributed by atoms with Gasteiger partial charge < -0.3 is 10.7 Å². The fourth-order valence-electron chi connectivity index (χ4n) is 1.98. The van der Waals surface area contributed by atoms with Gasteiger partial charge in [0, 0.05) is 35.7 Å². The smallest absolute Gasteiger partial charge is 0.127 e. The first kappa shape index (κ1) is 9.99. The molecule has 0 aliphatic rings. The largest absolute Gasteiger partial charge is 0.347 e. The molecule has 0 amide bonds. The van der Waals surface area contributed by atoms with Crippen LogP contribution in [0.2, 0.25) is 0 Å². The summed E-state index contributed by atoms with van der Waals surface area (Å²) in [4.78, 5) is 11.4. The summed E-state index contributed by atoms with van der Waals surface area (Å²) in [6.45, 7) is 0. The fraction of sp³-hybridized carbons (Fsp3) is 0.0769. The van der Waals surface area contributed by atoms with Crippen LogP contribution in [0.15, 0.2) is 49.1 Å². The molecular formula is C13H12N4. The Hall–Kier alpha value is -2.20. The highest BCUT2D eigenvalue weighted by molar-refractivity contribution is 5.85. The summed E-state index contributed by atoms with van der Waals surface area (Å²) in [6, 6.07) is 7.80. The van der Waals surface area contributed by atoms with Gasteiger partial charge in [0.1, 0.15) is 5.82 Å². The number of hydrogen-bond donors (Lipinski definition) is 2. The lowest BCUT2D eigenvalue weighted by atomic mass is 10.0. The van der Waals surface area contributed by atoms with Crippen molar-refractivity contribution in [1.29, 1.82) is 0 Å². The molecular weight excluding hydrogens is 212 g/mol. The molecule has 4 heteroatoms. The Bertz CT molecular complexity index is 625. The first-order valence-corrected chi connectivity index (χ1v) is 5.44. The van der Waals surface area contributed by atoms with Crippen molar-refractivity contribution in [2.45, 2.75) is 6.04 Å². The van der Waals surface area contributed by atoms with Gasteiger partial charge in [-0.05, 0) is 5.39 Å². The Morgan fingerprint density at radius 1 is 1.18 bits per heavy atom. The minimum atomic E-state index is -0.274. The zero-order chi connectivity index (χ0) is 11.7. The zero-order valence-corrected chi connectivity index (χ0v) is 9.17. The number of H-pyrrole nitrogens is 1. The summed E-state index contributed by atoms with van der Waals surface area (Å²) in [5, 5.41) is 2.21. The maximum absolute atomic E-state index is 6.19. The lowest BCUT2D eigenvalue weighted by molar-refractivity contribution is 0.803. The lowest BCUT2D eigenvalue weighted by Crippen LogP contribution is -2.14. The molecule has 1 atom stereocenters. The number of benzene rings is 1. The number of nitrogens with zero attached hydrogens (tertiary/aromatic N) is 2. The van der Waals surface area contributed by atoms with Crippen molar-refractivity contribution in [1.82, 2.24) is 15.0 Å². The van der Waals surface area contributed by atoms with E-state index in [1.807, 2.05) is 24.4 Å². The number of fused-ring (bicyclic) bond motifs is 1. The number of aromatic amines is 1. The molecule has 84 valence electrons. The summed E-state index contributed by atoms with van der Waals surface area (Å²) < 4.78 is 0. The minimum Gasteiger partial charge on any atom is -0.347 e. The third-order valence-electron chi connectivity index (χ3n) is 2.85. The molecule has 2 heterocycles. The highest BCUT2D eigenvalue weighted by atomic mass is 14.9. The van der Waals surface area contributed by atoms with Gasteiger partial charge in [0.25, 0.3) is 0 Å². The van der Waals surface area contributed by atoms with E-state index in [1.165, 1.54) is 0 Å². The lowest BCUT2D eigenvalue weighted by Gasteiger charge is -2.11. The number of hydrogen-bond acceptors (Lipinski definition) is 3. The van der Waals surface area contributed by atoms with E-state index in [1.54, 1.807) is 18.6 Å². The van der Waals surface area contributed by atoms with Crippen LogP contribution >= 0.6 is 0 Å². The van der Waals surface area contributed by atoms with Gasteiger partial charge in [0.05, 0.1) is 6.04 Å². The van der Waals surface area contributed by atoms with Crippen molar-refractivity contribution in [2.24, 2.45) is 5.73 Å². The second-order valence-corrected chi connectivity index (χ2v) is 3.90. The Labute approximate surface area is 98.5 Å². The molecule has 0 aliphatic carbocycles. The summed E-state index contributed by atoms with van der Waals surface area (Å²) in [7, 11) is 0. The van der Waals surface area contributed by atoms with Crippen LogP contribution in [-0.4, -0.2) is 15.0 Å². The summed E-state index contributed by atoms with van der Waals surface area (Å²) >= 11 is 0. The van der Waals surface area contributed by atoms with Gasteiger partial charge in [-0.3, -0.25) is 4.98 Å². The molecule has 2 aromatic heterocycles. The van der Waals surface area contributed by atoms with Crippen LogP contribution in [0.1, 0.15) is 17.4 Å². The maximum Gasteiger partial charge on any atom is 0.127 e. The molecule has 1 unspecified atom stereocenters. The standard InChI is InChI=1S/C13H12N4/c14-12(13-16-5-6-17-13)11-8-15-7-9-3-1-2-4-10(9)11/h1-8,12H,14H2,(H,16,17). The van der Waals surface area contributed by atoms with Crippen LogP contribution in [-0.2, 0) is 0 Å². The SMILES string of the molecule is NC(c1ncc[nH]1)c1cncc2ccccc12.